The molecule has 0 aliphatic carbocycles. The van der Waals surface area contributed by atoms with Crippen LogP contribution in [0.25, 0.3) is 22.3 Å². The topological polar surface area (TPSA) is 117 Å². The molecule has 0 saturated heterocycles. The Labute approximate surface area is 179 Å². The molecular formula is C19H22FN5O3S2. The number of H-pyrrole nitrogens is 1. The molecule has 0 atom stereocenters. The third-order valence-electron chi connectivity index (χ3n) is 4.18. The summed E-state index contributed by atoms with van der Waals surface area (Å²) in [5, 5.41) is 13.2. The Morgan fingerprint density at radius 2 is 2.13 bits per heavy atom. The lowest BCUT2D eigenvalue weighted by Crippen LogP contribution is -2.15. The van der Waals surface area contributed by atoms with Gasteiger partial charge in [0.1, 0.15) is 5.82 Å². The van der Waals surface area contributed by atoms with E-state index in [1.54, 1.807) is 12.3 Å². The van der Waals surface area contributed by atoms with Crippen molar-refractivity contribution in [2.24, 2.45) is 0 Å². The summed E-state index contributed by atoms with van der Waals surface area (Å²) >= 11 is 1.32. The largest absolute Gasteiger partial charge is 0.317 e. The summed E-state index contributed by atoms with van der Waals surface area (Å²) in [6.07, 6.45) is 2.41. The lowest BCUT2D eigenvalue weighted by Gasteiger charge is -2.08. The average molecular weight is 452 g/mol. The number of nitrogens with one attached hydrogen (secondary N) is 3. The van der Waals surface area contributed by atoms with Gasteiger partial charge in [0.2, 0.25) is 15.9 Å². The third-order valence-corrected chi connectivity index (χ3v) is 5.63. The van der Waals surface area contributed by atoms with Gasteiger partial charge in [0.15, 0.2) is 5.65 Å². The van der Waals surface area contributed by atoms with Crippen molar-refractivity contribution in [1.82, 2.24) is 15.2 Å². The number of sulfonamides is 1. The van der Waals surface area contributed by atoms with Crippen molar-refractivity contribution >= 4 is 49.0 Å². The molecule has 3 heterocycles. The number of thiophene rings is 1. The van der Waals surface area contributed by atoms with E-state index < -0.39 is 21.7 Å². The minimum Gasteiger partial charge on any atom is -0.317 e. The molecule has 0 saturated carbocycles. The number of nitrogens with zero attached hydrogens (tertiary/aromatic N) is 2. The molecule has 0 aliphatic heterocycles. The maximum Gasteiger partial charge on any atom is 0.229 e. The highest BCUT2D eigenvalue weighted by molar-refractivity contribution is 7.92. The second-order valence-electron chi connectivity index (χ2n) is 6.58. The standard InChI is InChI=1S/C19H16FN5O3S2.3H2/c1-30(27,28)25-13-4-5-15(20)11(7-13)8-16(26)22-17-9-12(10-29-17)18-14-3-2-6-21-19(14)24-23-18;;;/h2-7,9-10,25H,8H2,1H3,(H,22,26)(H,21,23,24);3*1H. The van der Waals surface area contributed by atoms with Crippen molar-refractivity contribution in [3.63, 3.8) is 0 Å². The monoisotopic (exact) mass is 451 g/mol. The summed E-state index contributed by atoms with van der Waals surface area (Å²) in [6.45, 7) is 0. The van der Waals surface area contributed by atoms with Gasteiger partial charge < -0.3 is 5.32 Å². The average Bonchev–Trinajstić information content (AvgIpc) is 3.29. The summed E-state index contributed by atoms with van der Waals surface area (Å²) in [6, 6.07) is 9.23. The highest BCUT2D eigenvalue weighted by Gasteiger charge is 2.14. The quantitative estimate of drug-likeness (QED) is 0.408. The number of pyridine rings is 1. The van der Waals surface area contributed by atoms with Crippen molar-refractivity contribution in [1.29, 1.82) is 0 Å². The summed E-state index contributed by atoms with van der Waals surface area (Å²) in [7, 11) is -3.50. The van der Waals surface area contributed by atoms with Crippen LogP contribution in [-0.4, -0.2) is 35.8 Å². The van der Waals surface area contributed by atoms with Gasteiger partial charge in [-0.2, -0.15) is 5.10 Å². The Balaban J connectivity index is 0.00000181. The van der Waals surface area contributed by atoms with E-state index >= 15 is 0 Å². The summed E-state index contributed by atoms with van der Waals surface area (Å²) < 4.78 is 39.0. The second-order valence-corrected chi connectivity index (χ2v) is 9.24. The molecular weight excluding hydrogens is 429 g/mol. The van der Waals surface area contributed by atoms with E-state index in [4.69, 9.17) is 0 Å². The fraction of sp³-hybridized carbons (Fsp3) is 0.105. The van der Waals surface area contributed by atoms with Crippen molar-refractivity contribution in [2.45, 2.75) is 6.42 Å². The molecule has 0 radical (unpaired) electrons. The van der Waals surface area contributed by atoms with Gasteiger partial charge in [-0.15, -0.1) is 11.3 Å². The first-order chi connectivity index (χ1) is 14.3. The minimum atomic E-state index is -3.50. The van der Waals surface area contributed by atoms with Crippen LogP contribution in [0, 0.1) is 5.82 Å². The van der Waals surface area contributed by atoms with Crippen LogP contribution in [-0.2, 0) is 21.2 Å². The van der Waals surface area contributed by atoms with Gasteiger partial charge in [-0.1, -0.05) is 0 Å². The second kappa shape index (κ2) is 7.84. The van der Waals surface area contributed by atoms with Crippen LogP contribution in [0.3, 0.4) is 0 Å². The molecule has 1 amide bonds. The molecule has 0 aliphatic rings. The number of carbonyl (C=O) groups excluding carboxylic acids is 1. The number of fused-ring (bicyclic) bond motifs is 1. The molecule has 0 unspecified atom stereocenters. The van der Waals surface area contributed by atoms with Gasteiger partial charge >= 0.3 is 0 Å². The number of anilines is 2. The van der Waals surface area contributed by atoms with Crippen LogP contribution in [0.15, 0.2) is 48.0 Å². The lowest BCUT2D eigenvalue weighted by molar-refractivity contribution is -0.115. The first-order valence-electron chi connectivity index (χ1n) is 8.72. The Morgan fingerprint density at radius 3 is 2.93 bits per heavy atom. The molecule has 0 spiro atoms. The number of aromatic nitrogens is 3. The molecule has 3 aromatic heterocycles. The van der Waals surface area contributed by atoms with Crippen LogP contribution >= 0.6 is 11.3 Å². The van der Waals surface area contributed by atoms with Crippen molar-refractivity contribution < 1.29 is 21.9 Å². The number of hydrogen-bond donors (Lipinski definition) is 3. The summed E-state index contributed by atoms with van der Waals surface area (Å²) in [5.41, 5.74) is 2.52. The van der Waals surface area contributed by atoms with Gasteiger partial charge in [-0.25, -0.2) is 17.8 Å². The molecule has 0 bridgehead atoms. The van der Waals surface area contributed by atoms with Gasteiger partial charge in [-0.3, -0.25) is 14.6 Å². The fourth-order valence-electron chi connectivity index (χ4n) is 2.95. The maximum absolute atomic E-state index is 14.1. The van der Waals surface area contributed by atoms with Crippen molar-refractivity contribution in [3.8, 4) is 11.3 Å². The van der Waals surface area contributed by atoms with Crippen LogP contribution in [0.1, 0.15) is 9.84 Å². The van der Waals surface area contributed by atoms with Gasteiger partial charge in [0.05, 0.1) is 23.4 Å². The molecule has 4 rings (SSSR count). The van der Waals surface area contributed by atoms with Crippen LogP contribution in [0.5, 0.6) is 0 Å². The van der Waals surface area contributed by atoms with E-state index in [9.17, 15) is 17.6 Å². The number of amides is 1. The zero-order valence-electron chi connectivity index (χ0n) is 15.6. The van der Waals surface area contributed by atoms with E-state index in [1.807, 2.05) is 17.5 Å². The highest BCUT2D eigenvalue weighted by Crippen LogP contribution is 2.31. The first kappa shape index (κ1) is 20.0. The van der Waals surface area contributed by atoms with E-state index in [0.717, 1.165) is 29.0 Å². The highest BCUT2D eigenvalue weighted by atomic mass is 32.2. The fourth-order valence-corrected chi connectivity index (χ4v) is 4.31. The molecule has 0 fully saturated rings. The summed E-state index contributed by atoms with van der Waals surface area (Å²) in [4.78, 5) is 16.6. The van der Waals surface area contributed by atoms with E-state index in [0.29, 0.717) is 10.6 Å². The number of benzene rings is 1. The van der Waals surface area contributed by atoms with Crippen LogP contribution in [0.4, 0.5) is 15.1 Å². The molecule has 3 N–H and O–H groups in total. The molecule has 1 aromatic carbocycles. The number of aromatic amines is 1. The van der Waals surface area contributed by atoms with E-state index in [2.05, 4.69) is 25.2 Å². The smallest absolute Gasteiger partial charge is 0.229 e. The third kappa shape index (κ3) is 4.47. The van der Waals surface area contributed by atoms with Gasteiger partial charge in [0, 0.05) is 32.5 Å². The Bertz CT molecular complexity index is 1360. The predicted molar refractivity (Wildman–Crippen MR) is 121 cm³/mol. The van der Waals surface area contributed by atoms with Gasteiger partial charge in [0.25, 0.3) is 0 Å². The Kier molecular flexibility index (Phi) is 5.22. The number of hydrogen-bond acceptors (Lipinski definition) is 6. The van der Waals surface area contributed by atoms with Crippen molar-refractivity contribution in [2.75, 3.05) is 16.3 Å². The zero-order chi connectivity index (χ0) is 21.3. The minimum absolute atomic E-state index is 0. The van der Waals surface area contributed by atoms with Crippen molar-refractivity contribution in [3.05, 3.63) is 59.4 Å². The number of carbonyl (C=O) groups is 1. The summed E-state index contributed by atoms with van der Waals surface area (Å²) in [5.74, 6) is -1.01. The van der Waals surface area contributed by atoms with E-state index in [1.165, 1.54) is 23.5 Å². The first-order valence-corrected chi connectivity index (χ1v) is 11.5. The number of halogens is 1. The molecule has 160 valence electrons. The Morgan fingerprint density at radius 1 is 1.30 bits per heavy atom. The zero-order valence-corrected chi connectivity index (χ0v) is 17.3. The maximum atomic E-state index is 14.1. The van der Waals surface area contributed by atoms with Crippen LogP contribution in [0.2, 0.25) is 0 Å². The number of rotatable bonds is 6. The predicted octanol–water partition coefficient (Wildman–Crippen LogP) is 4.12. The lowest BCUT2D eigenvalue weighted by atomic mass is 10.1. The SMILES string of the molecule is CS(=O)(=O)Nc1ccc(F)c(CC(=O)Nc2cc(-c3[nH]nc4ncccc34)cs2)c1.[HH].[HH].[HH]. The normalized spacial score (nSPS) is 11.5. The molecule has 30 heavy (non-hydrogen) atoms. The van der Waals surface area contributed by atoms with Crippen LogP contribution < -0.4 is 10.0 Å². The van der Waals surface area contributed by atoms with Gasteiger partial charge in [-0.05, 0) is 42.0 Å². The van der Waals surface area contributed by atoms with E-state index in [-0.39, 0.29) is 22.0 Å². The molecule has 8 nitrogen and oxygen atoms in total. The molecule has 11 heteroatoms. The molecule has 4 aromatic rings. The Hall–Kier alpha value is -3.31.